The van der Waals surface area contributed by atoms with Gasteiger partial charge in [-0.2, -0.15) is 0 Å². The number of nitrogens with one attached hydrogen (secondary N) is 1. The van der Waals surface area contributed by atoms with Crippen molar-refractivity contribution >= 4 is 11.6 Å². The van der Waals surface area contributed by atoms with Crippen molar-refractivity contribution in [2.45, 2.75) is 12.3 Å². The van der Waals surface area contributed by atoms with Crippen LogP contribution in [0, 0.1) is 5.92 Å². The van der Waals surface area contributed by atoms with Crippen LogP contribution in [0.2, 0.25) is 0 Å². The monoisotopic (exact) mass is 273 g/mol. The van der Waals surface area contributed by atoms with Gasteiger partial charge in [-0.05, 0) is 30.7 Å². The molecule has 3 rings (SSSR count). The van der Waals surface area contributed by atoms with Crippen molar-refractivity contribution in [1.82, 2.24) is 0 Å². The number of methoxy groups -OCH3 is 1. The highest BCUT2D eigenvalue weighted by molar-refractivity contribution is 5.96. The van der Waals surface area contributed by atoms with Crippen LogP contribution in [0.3, 0.4) is 0 Å². The Bertz CT molecular complexity index is 621. The first-order valence-electron chi connectivity index (χ1n) is 6.40. The van der Waals surface area contributed by atoms with Gasteiger partial charge in [-0.25, -0.2) is 0 Å². The highest BCUT2D eigenvalue weighted by atomic mass is 16.5. The molecule has 5 nitrogen and oxygen atoms in total. The summed E-state index contributed by atoms with van der Waals surface area (Å²) in [6.07, 6.45) is 2.38. The van der Waals surface area contributed by atoms with Gasteiger partial charge in [0.25, 0.3) is 0 Å². The van der Waals surface area contributed by atoms with Gasteiger partial charge in [0.05, 0.1) is 19.1 Å². The fraction of sp³-hybridized carbons (Fsp3) is 0.267. The van der Waals surface area contributed by atoms with Crippen molar-refractivity contribution in [2.75, 3.05) is 12.4 Å². The predicted molar refractivity (Wildman–Crippen MR) is 72.8 cm³/mol. The van der Waals surface area contributed by atoms with Gasteiger partial charge in [0.2, 0.25) is 5.91 Å². The molecule has 0 bridgehead atoms. The van der Waals surface area contributed by atoms with Gasteiger partial charge in [-0.3, -0.25) is 4.79 Å². The number of benzene rings is 1. The molecule has 1 saturated carbocycles. The van der Waals surface area contributed by atoms with E-state index in [0.717, 1.165) is 12.2 Å². The molecular formula is C15H15NO4. The Morgan fingerprint density at radius 2 is 2.30 bits per heavy atom. The molecule has 0 unspecified atom stereocenters. The predicted octanol–water partition coefficient (Wildman–Crippen LogP) is 2.74. The summed E-state index contributed by atoms with van der Waals surface area (Å²) in [7, 11) is 1.53. The Kier molecular flexibility index (Phi) is 3.10. The van der Waals surface area contributed by atoms with Crippen molar-refractivity contribution in [3.8, 4) is 11.5 Å². The van der Waals surface area contributed by atoms with Gasteiger partial charge in [0.1, 0.15) is 17.3 Å². The molecule has 0 spiro atoms. The second kappa shape index (κ2) is 4.92. The quantitative estimate of drug-likeness (QED) is 0.840. The lowest BCUT2D eigenvalue weighted by atomic mass is 10.2. The number of aromatic hydroxyl groups is 1. The fourth-order valence-corrected chi connectivity index (χ4v) is 2.27. The van der Waals surface area contributed by atoms with Crippen LogP contribution in [-0.2, 0) is 4.79 Å². The minimum Gasteiger partial charge on any atom is -0.506 e. The Labute approximate surface area is 116 Å². The van der Waals surface area contributed by atoms with Crippen molar-refractivity contribution in [3.63, 3.8) is 0 Å². The molecular weight excluding hydrogens is 258 g/mol. The van der Waals surface area contributed by atoms with Crippen LogP contribution < -0.4 is 10.1 Å². The lowest BCUT2D eigenvalue weighted by Crippen LogP contribution is -2.14. The van der Waals surface area contributed by atoms with E-state index in [2.05, 4.69) is 5.32 Å². The molecule has 0 aliphatic heterocycles. The molecule has 2 atom stereocenters. The minimum atomic E-state index is -0.116. The number of furan rings is 1. The van der Waals surface area contributed by atoms with Crippen molar-refractivity contribution < 1.29 is 19.1 Å². The van der Waals surface area contributed by atoms with E-state index < -0.39 is 0 Å². The number of ether oxygens (including phenoxy) is 1. The molecule has 1 aromatic heterocycles. The molecule has 0 radical (unpaired) electrons. The van der Waals surface area contributed by atoms with E-state index in [0.29, 0.717) is 11.4 Å². The second-order valence-corrected chi connectivity index (χ2v) is 4.84. The lowest BCUT2D eigenvalue weighted by Gasteiger charge is -2.08. The molecule has 0 saturated heterocycles. The maximum Gasteiger partial charge on any atom is 0.228 e. The average molecular weight is 273 g/mol. The number of hydrogen-bond acceptors (Lipinski definition) is 4. The summed E-state index contributed by atoms with van der Waals surface area (Å²) < 4.78 is 10.4. The van der Waals surface area contributed by atoms with Gasteiger partial charge in [-0.1, -0.05) is 0 Å². The number of rotatable bonds is 4. The molecule has 104 valence electrons. The van der Waals surface area contributed by atoms with E-state index in [4.69, 9.17) is 9.15 Å². The zero-order valence-corrected chi connectivity index (χ0v) is 11.0. The summed E-state index contributed by atoms with van der Waals surface area (Å²) in [4.78, 5) is 12.1. The first kappa shape index (κ1) is 12.6. The normalized spacial score (nSPS) is 20.4. The van der Waals surface area contributed by atoms with E-state index >= 15 is 0 Å². The van der Waals surface area contributed by atoms with Crippen LogP contribution in [0.25, 0.3) is 0 Å². The Morgan fingerprint density at radius 3 is 3.00 bits per heavy atom. The third-order valence-electron chi connectivity index (χ3n) is 3.50. The lowest BCUT2D eigenvalue weighted by molar-refractivity contribution is -0.117. The number of hydrogen-bond donors (Lipinski definition) is 2. The third kappa shape index (κ3) is 2.34. The number of amides is 1. The van der Waals surface area contributed by atoms with Crippen LogP contribution in [-0.4, -0.2) is 18.1 Å². The standard InChI is InChI=1S/C15H15NO4/c1-19-9-4-5-13(17)12(7-9)16-15(18)11-8-10(11)14-3-2-6-20-14/h2-7,10-11,17H,8H2,1H3,(H,16,18)/t10-,11-/m0/s1. The van der Waals surface area contributed by atoms with Crippen LogP contribution in [0.5, 0.6) is 11.5 Å². The van der Waals surface area contributed by atoms with Gasteiger partial charge < -0.3 is 19.6 Å². The van der Waals surface area contributed by atoms with E-state index in [1.807, 2.05) is 12.1 Å². The van der Waals surface area contributed by atoms with Crippen molar-refractivity contribution in [3.05, 3.63) is 42.4 Å². The molecule has 1 fully saturated rings. The van der Waals surface area contributed by atoms with Gasteiger partial charge in [-0.15, -0.1) is 0 Å². The molecule has 20 heavy (non-hydrogen) atoms. The molecule has 1 amide bonds. The molecule has 1 aromatic carbocycles. The Balaban J connectivity index is 1.68. The third-order valence-corrected chi connectivity index (χ3v) is 3.50. The van der Waals surface area contributed by atoms with Gasteiger partial charge in [0.15, 0.2) is 0 Å². The topological polar surface area (TPSA) is 71.7 Å². The zero-order valence-electron chi connectivity index (χ0n) is 11.0. The molecule has 2 N–H and O–H groups in total. The van der Waals surface area contributed by atoms with Gasteiger partial charge in [0, 0.05) is 17.9 Å². The fourth-order valence-electron chi connectivity index (χ4n) is 2.27. The summed E-state index contributed by atoms with van der Waals surface area (Å²) in [5, 5.41) is 12.5. The first-order valence-corrected chi connectivity index (χ1v) is 6.40. The van der Waals surface area contributed by atoms with E-state index in [1.165, 1.54) is 13.2 Å². The molecule has 2 aromatic rings. The van der Waals surface area contributed by atoms with E-state index in [-0.39, 0.29) is 23.5 Å². The Hall–Kier alpha value is -2.43. The van der Waals surface area contributed by atoms with Crippen molar-refractivity contribution in [2.24, 2.45) is 5.92 Å². The highest BCUT2D eigenvalue weighted by Gasteiger charge is 2.45. The zero-order chi connectivity index (χ0) is 14.1. The maximum absolute atomic E-state index is 12.1. The molecule has 1 aliphatic carbocycles. The summed E-state index contributed by atoms with van der Waals surface area (Å²) in [6.45, 7) is 0. The van der Waals surface area contributed by atoms with Crippen LogP contribution in [0.4, 0.5) is 5.69 Å². The number of carbonyl (C=O) groups is 1. The Morgan fingerprint density at radius 1 is 1.45 bits per heavy atom. The van der Waals surface area contributed by atoms with Crippen LogP contribution in [0.15, 0.2) is 41.0 Å². The maximum atomic E-state index is 12.1. The number of phenols is 1. The van der Waals surface area contributed by atoms with Crippen LogP contribution in [0.1, 0.15) is 18.1 Å². The van der Waals surface area contributed by atoms with E-state index in [1.54, 1.807) is 18.4 Å². The first-order chi connectivity index (χ1) is 9.69. The average Bonchev–Trinajstić information content (AvgIpc) is 3.07. The van der Waals surface area contributed by atoms with Crippen LogP contribution >= 0.6 is 0 Å². The highest BCUT2D eigenvalue weighted by Crippen LogP contribution is 2.48. The molecule has 5 heteroatoms. The number of anilines is 1. The number of carbonyl (C=O) groups excluding carboxylic acids is 1. The van der Waals surface area contributed by atoms with E-state index in [9.17, 15) is 9.90 Å². The smallest absolute Gasteiger partial charge is 0.228 e. The van der Waals surface area contributed by atoms with Crippen molar-refractivity contribution in [1.29, 1.82) is 0 Å². The molecule has 1 aliphatic rings. The summed E-state index contributed by atoms with van der Waals surface area (Å²) in [5.41, 5.74) is 0.361. The minimum absolute atomic E-state index is 0.0225. The number of phenolic OH excluding ortho intramolecular Hbond substituents is 1. The SMILES string of the molecule is COc1ccc(O)c(NC(=O)[C@H]2C[C@@H]2c2ccco2)c1. The second-order valence-electron chi connectivity index (χ2n) is 4.84. The molecule has 1 heterocycles. The van der Waals surface area contributed by atoms with Gasteiger partial charge >= 0.3 is 0 Å². The summed E-state index contributed by atoms with van der Waals surface area (Å²) in [5.74, 6) is 1.35. The largest absolute Gasteiger partial charge is 0.506 e. The summed E-state index contributed by atoms with van der Waals surface area (Å²) >= 11 is 0. The summed E-state index contributed by atoms with van der Waals surface area (Å²) in [6, 6.07) is 8.41.